The number of nitrogens with zero attached hydrogens (tertiary/aromatic N) is 1. The van der Waals surface area contributed by atoms with Crippen LogP contribution in [0.15, 0.2) is 72.8 Å². The molecule has 2 bridgehead atoms. The number of nitrogens with one attached hydrogen (secondary N) is 1. The summed E-state index contributed by atoms with van der Waals surface area (Å²) in [6, 6.07) is 14.2. The van der Waals surface area contributed by atoms with Crippen molar-refractivity contribution in [2.24, 2.45) is 28.6 Å². The molecule has 2 aliphatic heterocycles. The van der Waals surface area contributed by atoms with Crippen LogP contribution in [0.2, 0.25) is 0 Å². The van der Waals surface area contributed by atoms with Gasteiger partial charge in [-0.25, -0.2) is 14.4 Å². The van der Waals surface area contributed by atoms with Gasteiger partial charge >= 0.3 is 30.0 Å². The second kappa shape index (κ2) is 19.9. The van der Waals surface area contributed by atoms with Crippen LogP contribution in [-0.4, -0.2) is 140 Å². The molecule has 2 heterocycles. The summed E-state index contributed by atoms with van der Waals surface area (Å²) in [7, 11) is 0. The number of hydrogen-bond acceptors (Lipinski definition) is 18. The number of ether oxygens (including phenoxy) is 6. The number of carbonyl (C=O) groups is 9. The van der Waals surface area contributed by atoms with Crippen LogP contribution in [0.3, 0.4) is 0 Å². The summed E-state index contributed by atoms with van der Waals surface area (Å²) in [5.74, 6) is -11.7. The third kappa shape index (κ3) is 9.87. The number of amides is 3. The number of rotatable bonds is 14. The van der Waals surface area contributed by atoms with E-state index in [4.69, 9.17) is 28.4 Å². The number of aliphatic hydroxyl groups is 2. The zero-order chi connectivity index (χ0) is 52.0. The van der Waals surface area contributed by atoms with Crippen molar-refractivity contribution in [2.45, 2.75) is 122 Å². The van der Waals surface area contributed by atoms with E-state index in [1.54, 1.807) is 69.3 Å². The number of aliphatic hydroxyl groups excluding tert-OH is 1. The van der Waals surface area contributed by atoms with Gasteiger partial charge in [0.05, 0.1) is 35.4 Å². The molecule has 3 N–H and O–H groups in total. The van der Waals surface area contributed by atoms with Gasteiger partial charge in [-0.1, -0.05) is 69.3 Å². The number of thioether (sulfide) groups is 1. The molecule has 7 rings (SSSR count). The number of carbonyl (C=O) groups excluding carboxylic acids is 9. The highest BCUT2D eigenvalue weighted by Gasteiger charge is 2.79. The van der Waals surface area contributed by atoms with Crippen molar-refractivity contribution in [1.82, 2.24) is 10.2 Å². The topological polar surface area (TPSA) is 265 Å². The molecule has 0 spiro atoms. The molecule has 71 heavy (non-hydrogen) atoms. The first-order chi connectivity index (χ1) is 33.3. The largest absolute Gasteiger partial charge is 0.459 e. The molecule has 5 aliphatic rings. The minimum Gasteiger partial charge on any atom is -0.459 e. The first-order valence-corrected chi connectivity index (χ1v) is 24.5. The fourth-order valence-electron chi connectivity index (χ4n) is 11.1. The Balaban J connectivity index is 1.30. The standard InChI is InChI=1S/C51H60N2O17S/c1-27-31(66-45(62)40(67-36(58)25-71-22-21-53-34(56)19-20-35(53)57)38(29-15-11-9-12-16-29)52-46(63)70-47(3,4)5)24-51(64)43(68-44(61)30-17-13-10-14-18-30)41-49(8,42(60)39(59)37(27)48(51,6)7)32(55)23-33-50(41,26-65-33)69-28(2)54/h9-20,27,31-33,37-38,40-41,43,55,64H,21-26H2,1-8H3,(H,52,63)/t27?,31?,32-,33+,37?,38?,40?,41?,43?,49+,50-,51+/m0/s1. The van der Waals surface area contributed by atoms with Gasteiger partial charge in [0.1, 0.15) is 35.6 Å². The van der Waals surface area contributed by atoms with Gasteiger partial charge in [-0.2, -0.15) is 0 Å². The van der Waals surface area contributed by atoms with Gasteiger partial charge in [-0.15, -0.1) is 11.8 Å². The summed E-state index contributed by atoms with van der Waals surface area (Å²) in [5.41, 5.74) is -8.87. The van der Waals surface area contributed by atoms with E-state index in [1.165, 1.54) is 39.8 Å². The number of ketones is 2. The predicted octanol–water partition coefficient (Wildman–Crippen LogP) is 3.61. The summed E-state index contributed by atoms with van der Waals surface area (Å²) in [4.78, 5) is 125. The van der Waals surface area contributed by atoms with E-state index < -0.39 is 147 Å². The maximum Gasteiger partial charge on any atom is 0.408 e. The van der Waals surface area contributed by atoms with Crippen molar-refractivity contribution in [3.63, 3.8) is 0 Å². The normalized spacial score (nSPS) is 31.6. The second-order valence-electron chi connectivity index (χ2n) is 20.6. The summed E-state index contributed by atoms with van der Waals surface area (Å²) in [5, 5.41) is 28.3. The van der Waals surface area contributed by atoms with Crippen molar-refractivity contribution >= 4 is 65.1 Å². The van der Waals surface area contributed by atoms with Crippen LogP contribution in [0.1, 0.15) is 90.2 Å². The molecular weight excluding hydrogens is 945 g/mol. The van der Waals surface area contributed by atoms with Gasteiger partial charge in [0.15, 0.2) is 5.60 Å². The minimum atomic E-state index is -2.46. The van der Waals surface area contributed by atoms with Gasteiger partial charge in [-0.3, -0.25) is 33.7 Å². The van der Waals surface area contributed by atoms with E-state index in [-0.39, 0.29) is 36.5 Å². The highest BCUT2D eigenvalue weighted by molar-refractivity contribution is 7.99. The van der Waals surface area contributed by atoms with Crippen molar-refractivity contribution in [1.29, 1.82) is 0 Å². The molecule has 0 radical (unpaired) electrons. The maximum atomic E-state index is 15.2. The zero-order valence-electron chi connectivity index (χ0n) is 40.7. The Hall–Kier alpha value is -5.96. The van der Waals surface area contributed by atoms with Crippen LogP contribution in [0, 0.1) is 28.6 Å². The van der Waals surface area contributed by atoms with Gasteiger partial charge in [-0.05, 0) is 45.4 Å². The Kier molecular flexibility index (Phi) is 14.8. The summed E-state index contributed by atoms with van der Waals surface area (Å²) in [6.07, 6.45) is -7.72. The highest BCUT2D eigenvalue weighted by Crippen LogP contribution is 2.64. The van der Waals surface area contributed by atoms with E-state index in [0.717, 1.165) is 35.7 Å². The Labute approximate surface area is 414 Å². The Bertz CT molecular complexity index is 2480. The van der Waals surface area contributed by atoms with Crippen molar-refractivity contribution < 1.29 is 81.8 Å². The molecule has 1 saturated heterocycles. The molecular formula is C51H60N2O17S. The fourth-order valence-corrected chi connectivity index (χ4v) is 11.8. The smallest absolute Gasteiger partial charge is 0.408 e. The number of benzene rings is 2. The Morgan fingerprint density at radius 2 is 1.55 bits per heavy atom. The number of esters is 4. The highest BCUT2D eigenvalue weighted by atomic mass is 32.2. The molecule has 0 aromatic heterocycles. The van der Waals surface area contributed by atoms with Gasteiger partial charge < -0.3 is 44.0 Å². The van der Waals surface area contributed by atoms with Gasteiger partial charge in [0.25, 0.3) is 11.8 Å². The number of Topliss-reactive ketones (excluding diaryl/α,β-unsaturated/α-hetero) is 2. The molecule has 2 aromatic rings. The summed E-state index contributed by atoms with van der Waals surface area (Å²) in [6.45, 7) is 11.5. The van der Waals surface area contributed by atoms with E-state index in [1.807, 2.05) is 0 Å². The average molecular weight is 1010 g/mol. The zero-order valence-corrected chi connectivity index (χ0v) is 41.6. The lowest BCUT2D eigenvalue weighted by Crippen LogP contribution is -2.82. The lowest BCUT2D eigenvalue weighted by atomic mass is 9.42. The summed E-state index contributed by atoms with van der Waals surface area (Å²) < 4.78 is 36.0. The van der Waals surface area contributed by atoms with E-state index in [2.05, 4.69) is 5.32 Å². The minimum absolute atomic E-state index is 0.0293. The SMILES string of the molecule is CC(=O)O[C@@]12CO[C@@H]1C[C@H](O)[C@@]1(C)C(=O)C(=O)C3C(C)C(OC(=O)C(OC(=O)CSCCN4C(=O)C=CC4=O)C(NC(=O)OC(C)(C)C)c4ccccc4)C[C@@](O)(C(OC(=O)c4ccccc4)C12)C3(C)C. The maximum absolute atomic E-state index is 15.2. The quantitative estimate of drug-likeness (QED) is 0.0802. The fraction of sp³-hybridized carbons (Fsp3) is 0.549. The van der Waals surface area contributed by atoms with Crippen LogP contribution < -0.4 is 5.32 Å². The number of fused-ring (bicyclic) bond motifs is 5. The molecule has 2 aromatic carbocycles. The third-order valence-corrected chi connectivity index (χ3v) is 15.6. The monoisotopic (exact) mass is 1000 g/mol. The Morgan fingerprint density at radius 3 is 2.13 bits per heavy atom. The molecule has 3 saturated carbocycles. The van der Waals surface area contributed by atoms with Crippen molar-refractivity contribution in [3.8, 4) is 0 Å². The van der Waals surface area contributed by atoms with E-state index >= 15 is 14.4 Å². The molecule has 382 valence electrons. The molecule has 7 unspecified atom stereocenters. The van der Waals surface area contributed by atoms with Crippen molar-refractivity contribution in [2.75, 3.05) is 24.7 Å². The predicted molar refractivity (Wildman–Crippen MR) is 250 cm³/mol. The molecule has 19 nitrogen and oxygen atoms in total. The van der Waals surface area contributed by atoms with Gasteiger partial charge in [0.2, 0.25) is 17.7 Å². The number of imide groups is 1. The van der Waals surface area contributed by atoms with E-state index in [0.29, 0.717) is 0 Å². The van der Waals surface area contributed by atoms with Crippen LogP contribution in [-0.2, 0) is 62.0 Å². The summed E-state index contributed by atoms with van der Waals surface area (Å²) >= 11 is 0.992. The first kappa shape index (κ1) is 52.9. The molecule has 3 aliphatic carbocycles. The lowest BCUT2D eigenvalue weighted by Gasteiger charge is -2.67. The molecule has 3 amide bonds. The van der Waals surface area contributed by atoms with Crippen LogP contribution in [0.4, 0.5) is 4.79 Å². The van der Waals surface area contributed by atoms with E-state index in [9.17, 15) is 39.0 Å². The molecule has 12 atom stereocenters. The Morgan fingerprint density at radius 1 is 0.930 bits per heavy atom. The van der Waals surface area contributed by atoms with Crippen LogP contribution in [0.25, 0.3) is 0 Å². The average Bonchev–Trinajstić information content (AvgIpc) is 3.62. The lowest BCUT2D eigenvalue weighted by molar-refractivity contribution is -0.350. The number of alkyl carbamates (subject to hydrolysis) is 1. The van der Waals surface area contributed by atoms with Gasteiger partial charge in [0, 0.05) is 61.5 Å². The molecule has 4 fully saturated rings. The van der Waals surface area contributed by atoms with Crippen LogP contribution >= 0.6 is 11.8 Å². The number of hydrogen-bond donors (Lipinski definition) is 3. The second-order valence-corrected chi connectivity index (χ2v) is 21.7. The third-order valence-electron chi connectivity index (χ3n) is 14.7. The van der Waals surface area contributed by atoms with Crippen LogP contribution in [0.5, 0.6) is 0 Å². The van der Waals surface area contributed by atoms with Crippen molar-refractivity contribution in [3.05, 3.63) is 83.9 Å². The molecule has 20 heteroatoms. The first-order valence-electron chi connectivity index (χ1n) is 23.4.